The zero-order valence-corrected chi connectivity index (χ0v) is 42.1. The molecule has 74 heavy (non-hydrogen) atoms. The summed E-state index contributed by atoms with van der Waals surface area (Å²) in [5, 5.41) is 19.1. The maximum Gasteiger partial charge on any atom is 0.313 e. The largest absolute Gasteiger partial charge is 0.460 e. The normalized spacial score (nSPS) is 15.8. The van der Waals surface area contributed by atoms with E-state index in [2.05, 4.69) is 37.2 Å². The van der Waals surface area contributed by atoms with E-state index in [0.717, 1.165) is 30.4 Å². The highest BCUT2D eigenvalue weighted by Crippen LogP contribution is 2.45. The number of nitrogens with one attached hydrogen (secondary N) is 7. The molecule has 0 bridgehead atoms. The first kappa shape index (κ1) is 54.2. The number of halogens is 1. The molecule has 3 aliphatic rings. The number of unbranched alkanes of at least 4 members (excludes halogenated alkanes) is 2. The summed E-state index contributed by atoms with van der Waals surface area (Å²) < 4.78 is 27.8. The molecule has 4 aromatic rings. The number of rotatable bonds is 24. The van der Waals surface area contributed by atoms with E-state index < -0.39 is 79.0 Å². The second-order valence-electron chi connectivity index (χ2n) is 18.9. The van der Waals surface area contributed by atoms with Gasteiger partial charge in [-0.1, -0.05) is 57.5 Å². The van der Waals surface area contributed by atoms with E-state index in [1.807, 2.05) is 26.8 Å². The minimum absolute atomic E-state index is 0.00431. The Morgan fingerprint density at radius 1 is 0.838 bits per heavy atom. The zero-order valence-electron chi connectivity index (χ0n) is 42.1. The van der Waals surface area contributed by atoms with Crippen molar-refractivity contribution in [2.75, 3.05) is 39.5 Å². The molecule has 4 heterocycles. The smallest absolute Gasteiger partial charge is 0.313 e. The highest BCUT2D eigenvalue weighted by atomic mass is 19.1. The third-order valence-corrected chi connectivity index (χ3v) is 13.8. The number of nitrogens with zero attached hydrogens (tertiary/aromatic N) is 2. The Morgan fingerprint density at radius 3 is 2.32 bits per heavy atom. The van der Waals surface area contributed by atoms with Gasteiger partial charge in [-0.25, -0.2) is 9.37 Å². The summed E-state index contributed by atoms with van der Waals surface area (Å²) in [5.74, 6) is -4.95. The minimum Gasteiger partial charge on any atom is -0.460 e. The summed E-state index contributed by atoms with van der Waals surface area (Å²) in [4.78, 5) is 121. The molecule has 1 unspecified atom stereocenters. The van der Waals surface area contributed by atoms with Crippen molar-refractivity contribution in [1.82, 2.24) is 46.8 Å². The lowest BCUT2D eigenvalue weighted by atomic mass is 9.81. The first-order valence-corrected chi connectivity index (χ1v) is 25.2. The van der Waals surface area contributed by atoms with Gasteiger partial charge >= 0.3 is 5.97 Å². The Morgan fingerprint density at radius 2 is 1.57 bits per heavy atom. The van der Waals surface area contributed by atoms with Gasteiger partial charge in [-0.05, 0) is 79.3 Å². The quantitative estimate of drug-likeness (QED) is 0.0267. The number of pyridine rings is 2. The van der Waals surface area contributed by atoms with Crippen LogP contribution in [0.5, 0.6) is 0 Å². The number of aromatic nitrogens is 2. The summed E-state index contributed by atoms with van der Waals surface area (Å²) >= 11 is 0. The van der Waals surface area contributed by atoms with E-state index in [-0.39, 0.29) is 62.6 Å². The van der Waals surface area contributed by atoms with Gasteiger partial charge in [0.1, 0.15) is 31.8 Å². The predicted molar refractivity (Wildman–Crippen MR) is 268 cm³/mol. The van der Waals surface area contributed by atoms with Gasteiger partial charge in [0.05, 0.1) is 60.6 Å². The van der Waals surface area contributed by atoms with E-state index in [4.69, 9.17) is 14.5 Å². The monoisotopic (exact) mass is 1020 g/mol. The van der Waals surface area contributed by atoms with Crippen molar-refractivity contribution >= 4 is 58.2 Å². The molecular weight excluding hydrogens is 958 g/mol. The van der Waals surface area contributed by atoms with Crippen LogP contribution in [0.25, 0.3) is 22.3 Å². The maximum atomic E-state index is 15.3. The van der Waals surface area contributed by atoms with E-state index >= 15 is 4.39 Å². The van der Waals surface area contributed by atoms with Crippen LogP contribution in [0.2, 0.25) is 0 Å². The van der Waals surface area contributed by atoms with Gasteiger partial charge in [-0.3, -0.25) is 43.2 Å². The molecule has 0 fully saturated rings. The van der Waals surface area contributed by atoms with Crippen molar-refractivity contribution in [2.45, 2.75) is 117 Å². The summed E-state index contributed by atoms with van der Waals surface area (Å²) in [7, 11) is 0. The average molecular weight is 1020 g/mol. The predicted octanol–water partition coefficient (Wildman–Crippen LogP) is 2.42. The van der Waals surface area contributed by atoms with E-state index in [9.17, 15) is 43.2 Å². The fourth-order valence-corrected chi connectivity index (χ4v) is 9.56. The van der Waals surface area contributed by atoms with Crippen LogP contribution in [-0.2, 0) is 73.8 Å². The van der Waals surface area contributed by atoms with Crippen LogP contribution in [0, 0.1) is 18.7 Å². The van der Waals surface area contributed by atoms with Crippen LogP contribution in [0.4, 0.5) is 4.39 Å². The highest BCUT2D eigenvalue weighted by molar-refractivity contribution is 5.95. The Kier molecular flexibility index (Phi) is 18.3. The number of cyclic esters (lactones) is 1. The van der Waals surface area contributed by atoms with Crippen molar-refractivity contribution in [1.29, 1.82) is 0 Å². The summed E-state index contributed by atoms with van der Waals surface area (Å²) in [6, 6.07) is 10.3. The molecule has 394 valence electrons. The third kappa shape index (κ3) is 13.0. The van der Waals surface area contributed by atoms with Crippen molar-refractivity contribution in [3.63, 3.8) is 0 Å². The number of carbonyl (C=O) groups is 8. The molecule has 0 saturated carbocycles. The van der Waals surface area contributed by atoms with Crippen LogP contribution in [-0.4, -0.2) is 102 Å². The van der Waals surface area contributed by atoms with Crippen LogP contribution in [0.3, 0.4) is 0 Å². The number of amides is 7. The van der Waals surface area contributed by atoms with Crippen LogP contribution < -0.4 is 42.8 Å². The molecule has 0 saturated heterocycles. The zero-order chi connectivity index (χ0) is 53.1. The molecule has 2 aliphatic heterocycles. The fraction of sp³-hybridized carbons (Fsp3) is 0.472. The van der Waals surface area contributed by atoms with E-state index in [1.165, 1.54) is 6.07 Å². The number of ether oxygens (including phenoxy) is 2. The van der Waals surface area contributed by atoms with E-state index in [1.54, 1.807) is 41.8 Å². The number of hydrogen-bond donors (Lipinski definition) is 7. The molecule has 2 aromatic heterocycles. The van der Waals surface area contributed by atoms with Crippen molar-refractivity contribution in [2.24, 2.45) is 5.92 Å². The number of benzene rings is 2. The van der Waals surface area contributed by atoms with Crippen molar-refractivity contribution in [3.05, 3.63) is 97.6 Å². The van der Waals surface area contributed by atoms with Gasteiger partial charge in [0.25, 0.3) is 5.56 Å². The molecule has 20 nitrogen and oxygen atoms in total. The van der Waals surface area contributed by atoms with Crippen LogP contribution in [0.15, 0.2) is 47.3 Å². The molecule has 2 aromatic carbocycles. The summed E-state index contributed by atoms with van der Waals surface area (Å²) in [6.45, 7) is 5.70. The molecule has 0 spiro atoms. The Labute approximate surface area is 427 Å². The molecule has 7 amide bonds. The second kappa shape index (κ2) is 24.9. The third-order valence-electron chi connectivity index (χ3n) is 13.8. The highest BCUT2D eigenvalue weighted by Gasteiger charge is 2.38. The first-order valence-electron chi connectivity index (χ1n) is 25.2. The number of carbonyl (C=O) groups excluding carboxylic acids is 8. The maximum absolute atomic E-state index is 15.3. The molecular formula is C53H64FN9O11. The van der Waals surface area contributed by atoms with Gasteiger partial charge < -0.3 is 51.3 Å². The summed E-state index contributed by atoms with van der Waals surface area (Å²) in [6.07, 6.45) is 4.32. The van der Waals surface area contributed by atoms with E-state index in [0.29, 0.717) is 82.3 Å². The Bertz CT molecular complexity index is 2890. The minimum atomic E-state index is -1.13. The Balaban J connectivity index is 0.873. The number of esters is 1. The number of hydrogen-bond acceptors (Lipinski definition) is 12. The first-order chi connectivity index (χ1) is 35.6. The molecule has 1 aliphatic carbocycles. The molecule has 0 radical (unpaired) electrons. The standard InChI is InChI=1S/C53H64FN9O11/c1-5-29(3)50(69)55-18-12-8-11-15-42(64)56-22-43(65)57-24-45(67)61-40(19-31-13-9-7-10-14-31)51(70)58-23-44(66)59-28-73-27-46(68)60-38-17-16-33-30(4)37(54)21-39-47(33)48(38)35-25-63-41(49(35)62-39)20-34-32(6-2)53(72)74-26-36(34)52(63)71/h7,9-10,13-14,20-21,29,32,38,40H,5-6,8,11-12,15-19,22-28H2,1-4H3,(H,55,69)(H,56,64)(H,57,65)(H,58,70)(H,59,66)(H,60,68)(H,61,67)/t29?,32-,38+,40+/m1/s1. The topological polar surface area (TPSA) is 274 Å². The second-order valence-corrected chi connectivity index (χ2v) is 18.9. The summed E-state index contributed by atoms with van der Waals surface area (Å²) in [5.41, 5.74) is 5.44. The lowest BCUT2D eigenvalue weighted by molar-refractivity contribution is -0.148. The van der Waals surface area contributed by atoms with Crippen LogP contribution >= 0.6 is 0 Å². The van der Waals surface area contributed by atoms with Gasteiger partial charge in [0.2, 0.25) is 41.4 Å². The molecule has 7 N–H and O–H groups in total. The number of fused-ring (bicyclic) bond motifs is 5. The molecule has 4 atom stereocenters. The number of aryl methyl sites for hydroxylation is 1. The molecule has 21 heteroatoms. The van der Waals surface area contributed by atoms with Crippen molar-refractivity contribution in [3.8, 4) is 11.4 Å². The van der Waals surface area contributed by atoms with Gasteiger partial charge in [-0.2, -0.15) is 0 Å². The van der Waals surface area contributed by atoms with Gasteiger partial charge in [-0.15, -0.1) is 0 Å². The van der Waals surface area contributed by atoms with Crippen LogP contribution in [0.1, 0.15) is 117 Å². The van der Waals surface area contributed by atoms with Crippen molar-refractivity contribution < 1.29 is 52.2 Å². The average Bonchev–Trinajstić information content (AvgIpc) is 3.76. The SMILES string of the molecule is CCC(C)C(=O)NCCCCCC(=O)NCC(=O)NCC(=O)N[C@@H](Cc1ccccc1)C(=O)NCC(=O)NCOCC(=O)N[C@H]1CCc2c(C)c(F)cc3nc4c(c1c23)Cn1c-4cc2c(c1=O)COC(=O)[C@@H]2CC. The van der Waals surface area contributed by atoms with Gasteiger partial charge in [0.15, 0.2) is 0 Å². The lowest BCUT2D eigenvalue weighted by Crippen LogP contribution is -2.52. The van der Waals surface area contributed by atoms with Gasteiger partial charge in [0, 0.05) is 42.3 Å². The fourth-order valence-electron chi connectivity index (χ4n) is 9.56. The Hall–Kier alpha value is -7.55. The lowest BCUT2D eigenvalue weighted by Gasteiger charge is -2.29. The molecule has 7 rings (SSSR count).